The molecule has 2 aliphatic heterocycles. The molecule has 4 aliphatic rings. The van der Waals surface area contributed by atoms with Crippen molar-refractivity contribution in [3.8, 4) is 11.5 Å². The number of ether oxygens (including phenoxy) is 6. The molecule has 48 heavy (non-hydrogen) atoms. The summed E-state index contributed by atoms with van der Waals surface area (Å²) in [6.07, 6.45) is -4.44. The molecule has 14 nitrogen and oxygen atoms in total. The van der Waals surface area contributed by atoms with Gasteiger partial charge >= 0.3 is 29.8 Å². The first kappa shape index (κ1) is 33.0. The fourth-order valence-corrected chi connectivity index (χ4v) is 7.65. The summed E-state index contributed by atoms with van der Waals surface area (Å²) in [5, 5.41) is 22.1. The van der Waals surface area contributed by atoms with Crippen LogP contribution in [0.1, 0.15) is 49.5 Å². The number of piperidine rings is 1. The van der Waals surface area contributed by atoms with Gasteiger partial charge in [0, 0.05) is 37.4 Å². The molecule has 6 rings (SSSR count). The van der Waals surface area contributed by atoms with E-state index in [0.717, 1.165) is 25.0 Å². The molecule has 14 heteroatoms. The lowest BCUT2D eigenvalue weighted by atomic mass is 9.50. The molecule has 2 aromatic carbocycles. The maximum absolute atomic E-state index is 14.0. The Balaban J connectivity index is 1.35. The molecule has 0 unspecified atom stereocenters. The number of hydrogen-bond acceptors (Lipinski definition) is 13. The van der Waals surface area contributed by atoms with Gasteiger partial charge in [0.25, 0.3) is 0 Å². The van der Waals surface area contributed by atoms with Crippen LogP contribution in [0.5, 0.6) is 11.5 Å². The van der Waals surface area contributed by atoms with E-state index >= 15 is 0 Å². The third kappa shape index (κ3) is 5.15. The van der Waals surface area contributed by atoms with Crippen LogP contribution in [0.2, 0.25) is 0 Å². The zero-order chi connectivity index (χ0) is 34.5. The third-order valence-corrected chi connectivity index (χ3v) is 9.66. The number of aliphatic carboxylic acids is 1. The van der Waals surface area contributed by atoms with Gasteiger partial charge in [-0.3, -0.25) is 9.59 Å². The minimum Gasteiger partial charge on any atom is -0.493 e. The summed E-state index contributed by atoms with van der Waals surface area (Å²) in [5.74, 6) is -5.44. The lowest BCUT2D eigenvalue weighted by Crippen LogP contribution is -2.74. The Morgan fingerprint density at radius 1 is 0.958 bits per heavy atom. The first-order valence-corrected chi connectivity index (χ1v) is 15.4. The Morgan fingerprint density at radius 3 is 2.29 bits per heavy atom. The second-order valence-corrected chi connectivity index (χ2v) is 12.3. The minimum atomic E-state index is -2.26. The van der Waals surface area contributed by atoms with Crippen LogP contribution < -0.4 is 9.47 Å². The van der Waals surface area contributed by atoms with Crippen LogP contribution in [0.15, 0.2) is 54.3 Å². The molecule has 1 spiro atoms. The fourth-order valence-electron chi connectivity index (χ4n) is 7.65. The van der Waals surface area contributed by atoms with Gasteiger partial charge < -0.3 is 43.5 Å². The zero-order valence-electron chi connectivity index (χ0n) is 26.7. The number of aliphatic hydroxyl groups is 1. The van der Waals surface area contributed by atoms with Gasteiger partial charge in [-0.1, -0.05) is 36.4 Å². The minimum absolute atomic E-state index is 0.0934. The number of rotatable bonds is 10. The Kier molecular flexibility index (Phi) is 8.42. The van der Waals surface area contributed by atoms with E-state index < -0.39 is 65.3 Å². The van der Waals surface area contributed by atoms with Crippen molar-refractivity contribution in [2.75, 3.05) is 20.7 Å². The summed E-state index contributed by atoms with van der Waals surface area (Å²) in [4.78, 5) is 65.0. The molecule has 0 amide bonds. The van der Waals surface area contributed by atoms with Crippen molar-refractivity contribution in [3.05, 3.63) is 71.0 Å². The summed E-state index contributed by atoms with van der Waals surface area (Å²) in [5.41, 5.74) is -0.281. The van der Waals surface area contributed by atoms with Gasteiger partial charge in [-0.05, 0) is 44.1 Å². The summed E-state index contributed by atoms with van der Waals surface area (Å²) in [6.45, 7) is 2.47. The monoisotopic (exact) mass is 665 g/mol. The van der Waals surface area contributed by atoms with Crippen LogP contribution in [-0.4, -0.2) is 95.6 Å². The van der Waals surface area contributed by atoms with E-state index in [1.54, 1.807) is 24.3 Å². The van der Waals surface area contributed by atoms with Crippen molar-refractivity contribution in [2.45, 2.75) is 74.6 Å². The lowest BCUT2D eigenvalue weighted by molar-refractivity contribution is -0.194. The first-order valence-electron chi connectivity index (χ1n) is 15.4. The molecule has 254 valence electrons. The number of likely N-dealkylation sites (tertiary alicyclic amines) is 1. The molecule has 0 saturated carbocycles. The Labute approximate surface area is 275 Å². The van der Waals surface area contributed by atoms with E-state index in [4.69, 9.17) is 28.4 Å². The first-order chi connectivity index (χ1) is 22.8. The van der Waals surface area contributed by atoms with Crippen LogP contribution >= 0.6 is 0 Å². The molecule has 1 saturated heterocycles. The number of nitrogens with zero attached hydrogens (tertiary/aromatic N) is 1. The van der Waals surface area contributed by atoms with Crippen molar-refractivity contribution >= 4 is 29.8 Å². The molecular weight excluding hydrogens is 630 g/mol. The summed E-state index contributed by atoms with van der Waals surface area (Å²) >= 11 is 0. The number of carbonyl (C=O) groups is 5. The maximum Gasteiger partial charge on any atom is 0.357 e. The largest absolute Gasteiger partial charge is 0.493 e. The highest BCUT2D eigenvalue weighted by atomic mass is 16.6. The average molecular weight is 666 g/mol. The number of carbonyl (C=O) groups excluding carboxylic acids is 4. The lowest BCUT2D eigenvalue weighted by Gasteiger charge is -2.61. The van der Waals surface area contributed by atoms with Crippen LogP contribution in [0, 0.1) is 0 Å². The number of methoxy groups -OCH3 is 1. The Hall–Kier alpha value is -4.95. The second kappa shape index (κ2) is 12.3. The smallest absolute Gasteiger partial charge is 0.357 e. The van der Waals surface area contributed by atoms with Gasteiger partial charge in [0.2, 0.25) is 18.3 Å². The molecule has 2 aromatic rings. The van der Waals surface area contributed by atoms with Crippen molar-refractivity contribution in [1.82, 2.24) is 4.90 Å². The van der Waals surface area contributed by atoms with Crippen molar-refractivity contribution in [1.29, 1.82) is 0 Å². The van der Waals surface area contributed by atoms with Crippen molar-refractivity contribution < 1.29 is 62.6 Å². The molecule has 2 N–H and O–H groups in total. The highest BCUT2D eigenvalue weighted by molar-refractivity contribution is 5.90. The van der Waals surface area contributed by atoms with Crippen LogP contribution in [-0.2, 0) is 54.8 Å². The molecule has 2 bridgehead atoms. The average Bonchev–Trinajstić information content (AvgIpc) is 3.40. The molecular formula is C34H35NO13. The number of hydrogen-bond donors (Lipinski definition) is 2. The van der Waals surface area contributed by atoms with Crippen molar-refractivity contribution in [2.24, 2.45) is 0 Å². The van der Waals surface area contributed by atoms with E-state index in [1.807, 2.05) is 19.2 Å². The highest BCUT2D eigenvalue weighted by Crippen LogP contribution is 2.65. The van der Waals surface area contributed by atoms with Gasteiger partial charge in [-0.15, -0.1) is 0 Å². The predicted molar refractivity (Wildman–Crippen MR) is 162 cm³/mol. The van der Waals surface area contributed by atoms with E-state index in [0.29, 0.717) is 30.9 Å². The zero-order valence-corrected chi connectivity index (χ0v) is 26.7. The SMILES string of the molecule is COc1ccc2c3c1O[C@H]1C(OC(=O)[C@@H](OC(=O)[C@H](OC(C)=O)[C@@H](OC(C)=O)C(=O)O)c4ccccc4)=CC[C@@]4(O)[C@@H](C2)N(C)CC[C@]314. The van der Waals surface area contributed by atoms with E-state index in [-0.39, 0.29) is 23.8 Å². The number of benzene rings is 2. The number of carboxylic acid groups (broad SMARTS) is 1. The maximum atomic E-state index is 14.0. The van der Waals surface area contributed by atoms with Gasteiger partial charge in [0.15, 0.2) is 17.6 Å². The van der Waals surface area contributed by atoms with Gasteiger partial charge in [0.05, 0.1) is 18.1 Å². The molecule has 7 atom stereocenters. The number of carboxylic acids is 1. The van der Waals surface area contributed by atoms with E-state index in [9.17, 15) is 34.2 Å². The molecule has 0 aromatic heterocycles. The predicted octanol–water partition coefficient (Wildman–Crippen LogP) is 1.75. The normalized spacial score (nSPS) is 26.7. The number of likely N-dealkylation sites (N-methyl/N-ethyl adjacent to an activating group) is 1. The van der Waals surface area contributed by atoms with Crippen LogP contribution in [0.4, 0.5) is 0 Å². The van der Waals surface area contributed by atoms with Crippen LogP contribution in [0.25, 0.3) is 0 Å². The highest BCUT2D eigenvalue weighted by Gasteiger charge is 2.72. The van der Waals surface area contributed by atoms with Gasteiger partial charge in [-0.2, -0.15) is 0 Å². The molecule has 1 fully saturated rings. The second-order valence-electron chi connectivity index (χ2n) is 12.3. The summed E-state index contributed by atoms with van der Waals surface area (Å²) in [7, 11) is 3.48. The van der Waals surface area contributed by atoms with E-state index in [1.165, 1.54) is 19.2 Å². The summed E-state index contributed by atoms with van der Waals surface area (Å²) < 4.78 is 33.3. The standard InChI is InChI=1S/C34H35NO13/c1-17(36)44-27(30(38)39)28(45-18(2)37)32(41)48-25(19-8-6-5-7-9-19)31(40)46-22-12-13-34(42)23-16-20-10-11-21(43-4)26-24(20)33(34,29(22)47-26)14-15-35(23)3/h5-12,23,25,27-29,42H,13-16H2,1-4H3,(H,38,39)/t23-,25+,27-,28-,29+,33+,34-/m1/s1. The molecule has 2 aliphatic carbocycles. The fraction of sp³-hybridized carbons (Fsp3) is 0.441. The van der Waals surface area contributed by atoms with Gasteiger partial charge in [0.1, 0.15) is 5.76 Å². The van der Waals surface area contributed by atoms with Crippen molar-refractivity contribution in [3.63, 3.8) is 0 Å². The Bertz CT molecular complexity index is 1710. The van der Waals surface area contributed by atoms with E-state index in [2.05, 4.69) is 4.90 Å². The molecule has 0 radical (unpaired) electrons. The quantitative estimate of drug-likeness (QED) is 0.276. The van der Waals surface area contributed by atoms with Crippen LogP contribution in [0.3, 0.4) is 0 Å². The Morgan fingerprint density at radius 2 is 1.65 bits per heavy atom. The third-order valence-electron chi connectivity index (χ3n) is 9.66. The molecule has 2 heterocycles. The summed E-state index contributed by atoms with van der Waals surface area (Å²) in [6, 6.07) is 11.3. The van der Waals surface area contributed by atoms with Gasteiger partial charge in [-0.25, -0.2) is 14.4 Å². The topological polar surface area (TPSA) is 184 Å². The number of esters is 4.